The van der Waals surface area contributed by atoms with Crippen LogP contribution in [0.1, 0.15) is 31.8 Å². The lowest BCUT2D eigenvalue weighted by atomic mass is 10.0. The topological polar surface area (TPSA) is 119 Å². The van der Waals surface area contributed by atoms with Gasteiger partial charge in [0.15, 0.2) is 0 Å². The fourth-order valence-electron chi connectivity index (χ4n) is 2.91. The fourth-order valence-corrected chi connectivity index (χ4v) is 3.48. The Hall–Kier alpha value is -3.69. The maximum absolute atomic E-state index is 12.0. The summed E-state index contributed by atoms with van der Waals surface area (Å²) in [4.78, 5) is 49.7. The molecule has 0 aliphatic rings. The van der Waals surface area contributed by atoms with Crippen LogP contribution in [-0.4, -0.2) is 41.0 Å². The number of nitrogens with zero attached hydrogens (tertiary/aromatic N) is 2. The summed E-state index contributed by atoms with van der Waals surface area (Å²) in [5.41, 5.74) is 2.08. The Balaban J connectivity index is 0.000000251. The van der Waals surface area contributed by atoms with E-state index >= 15 is 0 Å². The van der Waals surface area contributed by atoms with E-state index < -0.39 is 17.6 Å². The van der Waals surface area contributed by atoms with Crippen LogP contribution in [0.25, 0.3) is 0 Å². The lowest BCUT2D eigenvalue weighted by Crippen LogP contribution is -2.31. The molecule has 35 heavy (non-hydrogen) atoms. The first kappa shape index (κ1) is 27.6. The summed E-state index contributed by atoms with van der Waals surface area (Å²) in [5.74, 6) is -1.08. The predicted octanol–water partition coefficient (Wildman–Crippen LogP) is 3.55. The molecule has 0 spiro atoms. The number of methoxy groups -OCH3 is 1. The molecule has 9 nitrogen and oxygen atoms in total. The monoisotopic (exact) mass is 518 g/mol. The van der Waals surface area contributed by atoms with E-state index in [0.717, 1.165) is 11.1 Å². The molecule has 3 aromatic rings. The van der Waals surface area contributed by atoms with Gasteiger partial charge >= 0.3 is 11.7 Å². The molecular weight excluding hydrogens is 495 g/mol. The summed E-state index contributed by atoms with van der Waals surface area (Å²) in [5, 5.41) is 5.45. The number of carbonyl (C=O) groups excluding carboxylic acids is 3. The van der Waals surface area contributed by atoms with Gasteiger partial charge in [-0.3, -0.25) is 14.4 Å². The van der Waals surface area contributed by atoms with Crippen LogP contribution in [0.2, 0.25) is 10.0 Å². The lowest BCUT2D eigenvalue weighted by Gasteiger charge is -2.09. The number of aryl methyl sites for hydroxylation is 3. The highest BCUT2D eigenvalue weighted by atomic mass is 35.5. The zero-order valence-corrected chi connectivity index (χ0v) is 21.0. The largest absolute Gasteiger partial charge is 0.468 e. The molecule has 2 aromatic carbocycles. The predicted molar refractivity (Wildman–Crippen MR) is 134 cm³/mol. The Morgan fingerprint density at radius 3 is 2.06 bits per heavy atom. The SMILES string of the molecule is COC(=O)CNC(=O)c1c(C)cccc1C.Cn1ccc(NC(=O)c2c(Cl)cccc2Cl)nc1=O. The van der Waals surface area contributed by atoms with Gasteiger partial charge in [0.25, 0.3) is 11.8 Å². The molecule has 0 radical (unpaired) electrons. The molecule has 2 amide bonds. The summed E-state index contributed by atoms with van der Waals surface area (Å²) in [7, 11) is 2.85. The minimum absolute atomic E-state index is 0.108. The third-order valence-electron chi connectivity index (χ3n) is 4.73. The van der Waals surface area contributed by atoms with Crippen LogP contribution < -0.4 is 16.3 Å². The van der Waals surface area contributed by atoms with Crippen molar-refractivity contribution < 1.29 is 19.1 Å². The maximum atomic E-state index is 12.0. The van der Waals surface area contributed by atoms with Gasteiger partial charge < -0.3 is 19.9 Å². The van der Waals surface area contributed by atoms with Crippen molar-refractivity contribution in [2.45, 2.75) is 13.8 Å². The number of halogens is 2. The molecule has 0 saturated heterocycles. The first-order valence-corrected chi connectivity index (χ1v) is 11.0. The van der Waals surface area contributed by atoms with E-state index in [9.17, 15) is 19.2 Å². The number of nitrogens with one attached hydrogen (secondary N) is 2. The zero-order chi connectivity index (χ0) is 26.1. The average Bonchev–Trinajstić information content (AvgIpc) is 2.80. The Kier molecular flexibility index (Phi) is 9.98. The van der Waals surface area contributed by atoms with Crippen molar-refractivity contribution in [1.29, 1.82) is 0 Å². The van der Waals surface area contributed by atoms with Gasteiger partial charge in [0.1, 0.15) is 12.4 Å². The molecular formula is C24H24Cl2N4O5. The molecule has 1 aromatic heterocycles. The van der Waals surface area contributed by atoms with Crippen molar-refractivity contribution in [3.8, 4) is 0 Å². The highest BCUT2D eigenvalue weighted by Crippen LogP contribution is 2.24. The smallest absolute Gasteiger partial charge is 0.349 e. The number of hydrogen-bond donors (Lipinski definition) is 2. The van der Waals surface area contributed by atoms with Crippen LogP contribution >= 0.6 is 23.2 Å². The first-order chi connectivity index (χ1) is 16.5. The van der Waals surface area contributed by atoms with E-state index in [1.165, 1.54) is 23.9 Å². The second-order valence-corrected chi connectivity index (χ2v) is 8.10. The normalized spacial score (nSPS) is 10.0. The van der Waals surface area contributed by atoms with Crippen molar-refractivity contribution in [1.82, 2.24) is 14.9 Å². The molecule has 1 heterocycles. The minimum Gasteiger partial charge on any atom is -0.468 e. The van der Waals surface area contributed by atoms with E-state index in [4.69, 9.17) is 23.2 Å². The van der Waals surface area contributed by atoms with Crippen LogP contribution in [0, 0.1) is 13.8 Å². The van der Waals surface area contributed by atoms with Gasteiger partial charge in [-0.1, -0.05) is 47.5 Å². The van der Waals surface area contributed by atoms with Gasteiger partial charge in [0.05, 0.1) is 22.7 Å². The molecule has 2 N–H and O–H groups in total. The number of rotatable bonds is 5. The van der Waals surface area contributed by atoms with Crippen molar-refractivity contribution in [3.05, 3.63) is 91.4 Å². The molecule has 184 valence electrons. The third kappa shape index (κ3) is 7.66. The van der Waals surface area contributed by atoms with E-state index in [1.807, 2.05) is 32.0 Å². The molecule has 0 aliphatic carbocycles. The molecule has 0 aliphatic heterocycles. The molecule has 0 saturated carbocycles. The highest BCUT2D eigenvalue weighted by molar-refractivity contribution is 6.40. The number of ether oxygens (including phenoxy) is 1. The number of carbonyl (C=O) groups is 3. The lowest BCUT2D eigenvalue weighted by molar-refractivity contribution is -0.139. The van der Waals surface area contributed by atoms with Gasteiger partial charge in [0.2, 0.25) is 0 Å². The van der Waals surface area contributed by atoms with E-state index in [1.54, 1.807) is 25.2 Å². The second kappa shape index (κ2) is 12.7. The Morgan fingerprint density at radius 1 is 0.943 bits per heavy atom. The molecule has 0 atom stereocenters. The quantitative estimate of drug-likeness (QED) is 0.498. The number of esters is 1. The number of benzene rings is 2. The molecule has 0 unspecified atom stereocenters. The molecule has 11 heteroatoms. The standard InChI is InChI=1S/C12H9Cl2N3O2.C12H15NO3/c1-17-6-5-9(16-12(17)19)15-11(18)10-7(13)3-2-4-8(10)14;1-8-5-4-6-9(2)11(8)12(15)13-7-10(14)16-3/h2-6H,1H3,(H,15,16,18,19);4-6H,7H2,1-3H3,(H,13,15). The number of hydrogen-bond acceptors (Lipinski definition) is 6. The number of amides is 2. The summed E-state index contributed by atoms with van der Waals surface area (Å²) in [6.07, 6.45) is 1.50. The molecule has 3 rings (SSSR count). The Morgan fingerprint density at radius 2 is 1.51 bits per heavy atom. The second-order valence-electron chi connectivity index (χ2n) is 7.28. The van der Waals surface area contributed by atoms with Crippen molar-refractivity contribution in [2.75, 3.05) is 19.0 Å². The summed E-state index contributed by atoms with van der Waals surface area (Å²) >= 11 is 11.8. The highest BCUT2D eigenvalue weighted by Gasteiger charge is 2.15. The van der Waals surface area contributed by atoms with Gasteiger partial charge in [-0.15, -0.1) is 0 Å². The summed E-state index contributed by atoms with van der Waals surface area (Å²) in [6.45, 7) is 3.61. The van der Waals surface area contributed by atoms with E-state index in [0.29, 0.717) is 5.56 Å². The first-order valence-electron chi connectivity index (χ1n) is 10.3. The van der Waals surface area contributed by atoms with Gasteiger partial charge in [-0.25, -0.2) is 4.79 Å². The maximum Gasteiger partial charge on any atom is 0.349 e. The van der Waals surface area contributed by atoms with E-state index in [-0.39, 0.29) is 33.9 Å². The van der Waals surface area contributed by atoms with Crippen LogP contribution in [-0.2, 0) is 16.6 Å². The number of anilines is 1. The van der Waals surface area contributed by atoms with Crippen molar-refractivity contribution in [3.63, 3.8) is 0 Å². The van der Waals surface area contributed by atoms with Crippen LogP contribution in [0.4, 0.5) is 5.82 Å². The Labute approximate surface area is 212 Å². The molecule has 0 bridgehead atoms. The van der Waals surface area contributed by atoms with Crippen molar-refractivity contribution in [2.24, 2.45) is 7.05 Å². The Bertz CT molecular complexity index is 1270. The van der Waals surface area contributed by atoms with Crippen LogP contribution in [0.3, 0.4) is 0 Å². The minimum atomic E-state index is -0.517. The fraction of sp³-hybridized carbons (Fsp3) is 0.208. The van der Waals surface area contributed by atoms with Crippen molar-refractivity contribution >= 4 is 46.8 Å². The summed E-state index contributed by atoms with van der Waals surface area (Å²) in [6, 6.07) is 11.9. The van der Waals surface area contributed by atoms with Gasteiger partial charge in [-0.05, 0) is 43.2 Å². The van der Waals surface area contributed by atoms with Gasteiger partial charge in [0, 0.05) is 18.8 Å². The average molecular weight is 519 g/mol. The van der Waals surface area contributed by atoms with Crippen LogP contribution in [0.5, 0.6) is 0 Å². The molecule has 0 fully saturated rings. The summed E-state index contributed by atoms with van der Waals surface area (Å²) < 4.78 is 5.73. The zero-order valence-electron chi connectivity index (χ0n) is 19.5. The van der Waals surface area contributed by atoms with E-state index in [2.05, 4.69) is 20.4 Å². The number of aromatic nitrogens is 2. The van der Waals surface area contributed by atoms with Crippen LogP contribution in [0.15, 0.2) is 53.5 Å². The van der Waals surface area contributed by atoms with Gasteiger partial charge in [-0.2, -0.15) is 4.98 Å². The third-order valence-corrected chi connectivity index (χ3v) is 5.36.